The van der Waals surface area contributed by atoms with Gasteiger partial charge in [-0.15, -0.1) is 0 Å². The van der Waals surface area contributed by atoms with Crippen LogP contribution >= 0.6 is 0 Å². The highest BCUT2D eigenvalue weighted by atomic mass is 19.1. The third-order valence-electron chi connectivity index (χ3n) is 4.89. The number of nitrogens with one attached hydrogen (secondary N) is 2. The number of carbonyl (C=O) groups is 2. The van der Waals surface area contributed by atoms with Crippen molar-refractivity contribution in [2.24, 2.45) is 0 Å². The Hall–Kier alpha value is -3.47. The normalized spacial score (nSPS) is 11.6. The van der Waals surface area contributed by atoms with Crippen LogP contribution in [0.15, 0.2) is 66.7 Å². The summed E-state index contributed by atoms with van der Waals surface area (Å²) >= 11 is 0. The topological polar surface area (TPSA) is 58.2 Å². The summed E-state index contributed by atoms with van der Waals surface area (Å²) in [7, 11) is 0. The predicted molar refractivity (Wildman–Crippen MR) is 113 cm³/mol. The lowest BCUT2D eigenvalue weighted by Crippen LogP contribution is -2.26. The Morgan fingerprint density at radius 1 is 0.793 bits per heavy atom. The third kappa shape index (κ3) is 5.08. The molecular formula is C24H23FN2O2. The molecule has 0 bridgehead atoms. The van der Waals surface area contributed by atoms with Gasteiger partial charge in [0.2, 0.25) is 0 Å². The predicted octanol–water partition coefficient (Wildman–Crippen LogP) is 5.19. The van der Waals surface area contributed by atoms with Gasteiger partial charge in [0, 0.05) is 16.8 Å². The molecule has 4 nitrogen and oxygen atoms in total. The summed E-state index contributed by atoms with van der Waals surface area (Å²) in [5, 5.41) is 5.76. The Morgan fingerprint density at radius 3 is 2.03 bits per heavy atom. The molecule has 3 aromatic rings. The second-order valence-corrected chi connectivity index (χ2v) is 7.08. The molecule has 0 fully saturated rings. The molecule has 0 saturated carbocycles. The number of hydrogen-bond donors (Lipinski definition) is 2. The standard InChI is InChI=1S/C24H23FN2O2/c1-15-4-5-20(14-16(15)2)24(29)26-17(3)18-8-12-22(13-9-18)27-23(28)19-6-10-21(25)11-7-19/h4-14,17H,1-3H3,(H,26,29)(H,27,28). The molecule has 0 heterocycles. The summed E-state index contributed by atoms with van der Waals surface area (Å²) in [5.41, 5.74) is 4.77. The van der Waals surface area contributed by atoms with Crippen molar-refractivity contribution >= 4 is 17.5 Å². The molecule has 0 aliphatic carbocycles. The largest absolute Gasteiger partial charge is 0.346 e. The van der Waals surface area contributed by atoms with E-state index in [9.17, 15) is 14.0 Å². The van der Waals surface area contributed by atoms with Crippen molar-refractivity contribution in [2.45, 2.75) is 26.8 Å². The zero-order chi connectivity index (χ0) is 21.0. The van der Waals surface area contributed by atoms with Crippen LogP contribution in [-0.2, 0) is 0 Å². The SMILES string of the molecule is Cc1ccc(C(=O)NC(C)c2ccc(NC(=O)c3ccc(F)cc3)cc2)cc1C. The van der Waals surface area contributed by atoms with Gasteiger partial charge in [-0.2, -0.15) is 0 Å². The highest BCUT2D eigenvalue weighted by Gasteiger charge is 2.13. The number of anilines is 1. The van der Waals surface area contributed by atoms with Crippen molar-refractivity contribution in [3.8, 4) is 0 Å². The summed E-state index contributed by atoms with van der Waals surface area (Å²) < 4.78 is 13.0. The Bertz CT molecular complexity index is 1030. The molecule has 0 saturated heterocycles. The minimum atomic E-state index is -0.386. The van der Waals surface area contributed by atoms with Crippen LogP contribution < -0.4 is 10.6 Å². The van der Waals surface area contributed by atoms with E-state index < -0.39 is 0 Å². The molecule has 0 aromatic heterocycles. The van der Waals surface area contributed by atoms with E-state index in [1.807, 2.05) is 51.1 Å². The fraction of sp³-hybridized carbons (Fsp3) is 0.167. The maximum absolute atomic E-state index is 13.0. The number of benzene rings is 3. The number of rotatable bonds is 5. The van der Waals surface area contributed by atoms with Crippen molar-refractivity contribution in [3.63, 3.8) is 0 Å². The minimum Gasteiger partial charge on any atom is -0.346 e. The average molecular weight is 390 g/mol. The van der Waals surface area contributed by atoms with Gasteiger partial charge >= 0.3 is 0 Å². The van der Waals surface area contributed by atoms with Crippen molar-refractivity contribution in [2.75, 3.05) is 5.32 Å². The van der Waals surface area contributed by atoms with Gasteiger partial charge in [-0.3, -0.25) is 9.59 Å². The monoisotopic (exact) mass is 390 g/mol. The van der Waals surface area contributed by atoms with Crippen LogP contribution in [0.1, 0.15) is 50.4 Å². The molecule has 5 heteroatoms. The molecular weight excluding hydrogens is 367 g/mol. The molecule has 148 valence electrons. The molecule has 2 amide bonds. The molecule has 0 radical (unpaired) electrons. The Labute approximate surface area is 169 Å². The van der Waals surface area contributed by atoms with E-state index in [0.717, 1.165) is 16.7 Å². The van der Waals surface area contributed by atoms with E-state index >= 15 is 0 Å². The van der Waals surface area contributed by atoms with E-state index in [1.165, 1.54) is 24.3 Å². The number of amides is 2. The van der Waals surface area contributed by atoms with Crippen LogP contribution in [0.2, 0.25) is 0 Å². The fourth-order valence-electron chi connectivity index (χ4n) is 2.91. The Morgan fingerprint density at radius 2 is 1.41 bits per heavy atom. The lowest BCUT2D eigenvalue weighted by molar-refractivity contribution is 0.0939. The number of aryl methyl sites for hydroxylation is 2. The van der Waals surface area contributed by atoms with E-state index in [-0.39, 0.29) is 23.7 Å². The lowest BCUT2D eigenvalue weighted by Gasteiger charge is -2.16. The number of hydrogen-bond acceptors (Lipinski definition) is 2. The first-order valence-electron chi connectivity index (χ1n) is 9.38. The van der Waals surface area contributed by atoms with Crippen LogP contribution in [-0.4, -0.2) is 11.8 Å². The van der Waals surface area contributed by atoms with E-state index in [4.69, 9.17) is 0 Å². The zero-order valence-corrected chi connectivity index (χ0v) is 16.6. The van der Waals surface area contributed by atoms with E-state index in [1.54, 1.807) is 12.1 Å². The van der Waals surface area contributed by atoms with Gasteiger partial charge in [0.15, 0.2) is 0 Å². The third-order valence-corrected chi connectivity index (χ3v) is 4.89. The molecule has 3 rings (SSSR count). The molecule has 2 N–H and O–H groups in total. The highest BCUT2D eigenvalue weighted by molar-refractivity contribution is 6.04. The minimum absolute atomic E-state index is 0.130. The molecule has 29 heavy (non-hydrogen) atoms. The van der Waals surface area contributed by atoms with Gasteiger partial charge in [0.05, 0.1) is 6.04 Å². The Kier molecular flexibility index (Phi) is 6.07. The fourth-order valence-corrected chi connectivity index (χ4v) is 2.91. The second kappa shape index (κ2) is 8.69. The molecule has 1 unspecified atom stereocenters. The van der Waals surface area contributed by atoms with Crippen molar-refractivity contribution in [3.05, 3.63) is 100 Å². The summed E-state index contributed by atoms with van der Waals surface area (Å²) in [6.45, 7) is 5.90. The number of halogens is 1. The molecule has 0 spiro atoms. The molecule has 3 aromatic carbocycles. The van der Waals surface area contributed by atoms with Gasteiger partial charge < -0.3 is 10.6 Å². The lowest BCUT2D eigenvalue weighted by atomic mass is 10.0. The van der Waals surface area contributed by atoms with Crippen molar-refractivity contribution in [1.82, 2.24) is 5.32 Å². The maximum atomic E-state index is 13.0. The van der Waals surface area contributed by atoms with E-state index in [2.05, 4.69) is 10.6 Å². The maximum Gasteiger partial charge on any atom is 0.255 e. The Balaban J connectivity index is 1.62. The van der Waals surface area contributed by atoms with Gasteiger partial charge in [-0.1, -0.05) is 18.2 Å². The van der Waals surface area contributed by atoms with Crippen LogP contribution in [0.25, 0.3) is 0 Å². The van der Waals surface area contributed by atoms with Crippen molar-refractivity contribution in [1.29, 1.82) is 0 Å². The van der Waals surface area contributed by atoms with Crippen LogP contribution in [0.3, 0.4) is 0 Å². The average Bonchev–Trinajstić information content (AvgIpc) is 2.71. The molecule has 0 aliphatic heterocycles. The zero-order valence-electron chi connectivity index (χ0n) is 16.6. The van der Waals surface area contributed by atoms with Crippen LogP contribution in [0.4, 0.5) is 10.1 Å². The van der Waals surface area contributed by atoms with Gasteiger partial charge in [0.1, 0.15) is 5.82 Å². The summed E-state index contributed by atoms with van der Waals surface area (Å²) in [6.07, 6.45) is 0. The van der Waals surface area contributed by atoms with Crippen molar-refractivity contribution < 1.29 is 14.0 Å². The molecule has 1 atom stereocenters. The summed E-state index contributed by atoms with van der Waals surface area (Å²) in [4.78, 5) is 24.7. The van der Waals surface area contributed by atoms with Crippen LogP contribution in [0.5, 0.6) is 0 Å². The first-order chi connectivity index (χ1) is 13.8. The first-order valence-corrected chi connectivity index (χ1v) is 9.38. The van der Waals surface area contributed by atoms with Gasteiger partial charge in [0.25, 0.3) is 11.8 Å². The summed E-state index contributed by atoms with van der Waals surface area (Å²) in [5.74, 6) is -0.828. The quantitative estimate of drug-likeness (QED) is 0.630. The first kappa shape index (κ1) is 20.3. The van der Waals surface area contributed by atoms with Crippen LogP contribution in [0, 0.1) is 19.7 Å². The summed E-state index contributed by atoms with van der Waals surface area (Å²) in [6, 6.07) is 18.1. The second-order valence-electron chi connectivity index (χ2n) is 7.08. The van der Waals surface area contributed by atoms with Gasteiger partial charge in [-0.05, 0) is 86.0 Å². The molecule has 0 aliphatic rings. The smallest absolute Gasteiger partial charge is 0.255 e. The van der Waals surface area contributed by atoms with E-state index in [0.29, 0.717) is 16.8 Å². The number of carbonyl (C=O) groups excluding carboxylic acids is 2. The highest BCUT2D eigenvalue weighted by Crippen LogP contribution is 2.18. The van der Waals surface area contributed by atoms with Gasteiger partial charge in [-0.25, -0.2) is 4.39 Å².